The molecule has 1 unspecified atom stereocenters. The highest BCUT2D eigenvalue weighted by atomic mass is 15.4. The smallest absolute Gasteiger partial charge is 0.178 e. The van der Waals surface area contributed by atoms with Gasteiger partial charge in [0.05, 0.1) is 5.69 Å². The van der Waals surface area contributed by atoms with Gasteiger partial charge >= 0.3 is 0 Å². The minimum Gasteiger partial charge on any atom is -0.394 e. The molecule has 18 heavy (non-hydrogen) atoms. The van der Waals surface area contributed by atoms with Gasteiger partial charge in [0.25, 0.3) is 0 Å². The molecule has 1 atom stereocenters. The summed E-state index contributed by atoms with van der Waals surface area (Å²) in [7, 11) is 1.90. The largest absolute Gasteiger partial charge is 0.394 e. The molecule has 0 radical (unpaired) electrons. The van der Waals surface area contributed by atoms with E-state index in [4.69, 9.17) is 5.73 Å². The number of hydrogen-bond donors (Lipinski definition) is 1. The topological polar surface area (TPSA) is 47.1 Å². The zero-order chi connectivity index (χ0) is 12.7. The molecule has 3 rings (SSSR count). The Morgan fingerprint density at radius 2 is 2.11 bits per heavy atom. The molecule has 0 spiro atoms. The Morgan fingerprint density at radius 1 is 1.33 bits per heavy atom. The van der Waals surface area contributed by atoms with Crippen LogP contribution in [0.4, 0.5) is 17.2 Å². The molecular weight excluding hydrogens is 224 g/mol. The van der Waals surface area contributed by atoms with Crippen molar-refractivity contribution in [2.45, 2.75) is 25.8 Å². The van der Waals surface area contributed by atoms with Crippen molar-refractivity contribution in [2.75, 3.05) is 10.6 Å². The van der Waals surface area contributed by atoms with Gasteiger partial charge in [0.15, 0.2) is 5.82 Å². The van der Waals surface area contributed by atoms with E-state index in [0.717, 1.165) is 24.3 Å². The number of fused-ring (bicyclic) bond motifs is 1. The molecule has 4 heteroatoms. The summed E-state index contributed by atoms with van der Waals surface area (Å²) in [5.74, 6) is 0.872. The number of nitrogens with two attached hydrogens (primary N) is 1. The molecule has 1 aliphatic heterocycles. The lowest BCUT2D eigenvalue weighted by Crippen LogP contribution is -2.34. The van der Waals surface area contributed by atoms with E-state index in [9.17, 15) is 0 Å². The van der Waals surface area contributed by atoms with Crippen LogP contribution in [-0.4, -0.2) is 15.8 Å². The van der Waals surface area contributed by atoms with E-state index in [1.165, 1.54) is 11.3 Å². The number of nitrogen functional groups attached to an aromatic ring is 1. The zero-order valence-electron chi connectivity index (χ0n) is 10.8. The first-order valence-electron chi connectivity index (χ1n) is 6.33. The molecule has 0 saturated carbocycles. The number of aryl methyl sites for hydroxylation is 2. The number of benzene rings is 1. The predicted octanol–water partition coefficient (Wildman–Crippen LogP) is 2.48. The number of para-hydroxylation sites is 1. The van der Waals surface area contributed by atoms with Gasteiger partial charge in [0.2, 0.25) is 0 Å². The van der Waals surface area contributed by atoms with Crippen LogP contribution in [0.1, 0.15) is 18.9 Å². The SMILES string of the molecule is CC1CCc2ccccc2N1c1nn(C)cc1N. The van der Waals surface area contributed by atoms with Crippen molar-refractivity contribution >= 4 is 17.2 Å². The van der Waals surface area contributed by atoms with Crippen LogP contribution in [-0.2, 0) is 13.5 Å². The fourth-order valence-electron chi connectivity index (χ4n) is 2.69. The lowest BCUT2D eigenvalue weighted by molar-refractivity contribution is 0.608. The average Bonchev–Trinajstić information content (AvgIpc) is 2.68. The molecule has 1 aliphatic rings. The van der Waals surface area contributed by atoms with Crippen molar-refractivity contribution in [3.05, 3.63) is 36.0 Å². The van der Waals surface area contributed by atoms with Crippen molar-refractivity contribution in [1.82, 2.24) is 9.78 Å². The van der Waals surface area contributed by atoms with Gasteiger partial charge in [0.1, 0.15) is 0 Å². The number of anilines is 3. The fourth-order valence-corrected chi connectivity index (χ4v) is 2.69. The van der Waals surface area contributed by atoms with Gasteiger partial charge in [-0.05, 0) is 31.4 Å². The molecular formula is C14H18N4. The summed E-state index contributed by atoms with van der Waals surface area (Å²) >= 11 is 0. The van der Waals surface area contributed by atoms with Crippen LogP contribution in [0.3, 0.4) is 0 Å². The Morgan fingerprint density at radius 3 is 2.83 bits per heavy atom. The normalized spacial score (nSPS) is 18.8. The standard InChI is InChI=1S/C14H18N4/c1-10-7-8-11-5-3-4-6-13(11)18(10)14-12(15)9-17(2)16-14/h3-6,9-10H,7-8,15H2,1-2H3. The Labute approximate surface area is 107 Å². The first-order valence-corrected chi connectivity index (χ1v) is 6.33. The third-order valence-corrected chi connectivity index (χ3v) is 3.59. The lowest BCUT2D eigenvalue weighted by atomic mass is 9.96. The summed E-state index contributed by atoms with van der Waals surface area (Å²) in [5.41, 5.74) is 9.42. The van der Waals surface area contributed by atoms with Gasteiger partial charge in [-0.1, -0.05) is 18.2 Å². The van der Waals surface area contributed by atoms with Crippen molar-refractivity contribution in [3.8, 4) is 0 Å². The van der Waals surface area contributed by atoms with Gasteiger partial charge in [0, 0.05) is 25.0 Å². The Hall–Kier alpha value is -1.97. The van der Waals surface area contributed by atoms with E-state index in [2.05, 4.69) is 41.2 Å². The summed E-state index contributed by atoms with van der Waals surface area (Å²) in [6.07, 6.45) is 4.12. The minimum atomic E-state index is 0.428. The number of rotatable bonds is 1. The number of aromatic nitrogens is 2. The summed E-state index contributed by atoms with van der Waals surface area (Å²) in [6, 6.07) is 8.93. The molecule has 2 aromatic rings. The Kier molecular flexibility index (Phi) is 2.51. The van der Waals surface area contributed by atoms with Gasteiger partial charge < -0.3 is 10.6 Å². The second-order valence-electron chi connectivity index (χ2n) is 4.97. The number of nitrogens with zero attached hydrogens (tertiary/aromatic N) is 3. The Balaban J connectivity index is 2.13. The van der Waals surface area contributed by atoms with E-state index in [1.54, 1.807) is 4.68 Å². The van der Waals surface area contributed by atoms with Gasteiger partial charge in [-0.3, -0.25) is 4.68 Å². The van der Waals surface area contributed by atoms with Crippen LogP contribution in [0, 0.1) is 0 Å². The monoisotopic (exact) mass is 242 g/mol. The molecule has 1 aromatic carbocycles. The first kappa shape index (κ1) is 11.1. The van der Waals surface area contributed by atoms with Gasteiger partial charge in [-0.25, -0.2) is 0 Å². The minimum absolute atomic E-state index is 0.428. The second-order valence-corrected chi connectivity index (χ2v) is 4.97. The van der Waals surface area contributed by atoms with E-state index in [-0.39, 0.29) is 0 Å². The van der Waals surface area contributed by atoms with Crippen LogP contribution in [0.15, 0.2) is 30.5 Å². The molecule has 0 fully saturated rings. The van der Waals surface area contributed by atoms with Crippen LogP contribution in [0.5, 0.6) is 0 Å². The maximum absolute atomic E-state index is 6.07. The molecule has 0 amide bonds. The summed E-state index contributed by atoms with van der Waals surface area (Å²) < 4.78 is 1.77. The van der Waals surface area contributed by atoms with Crippen LogP contribution >= 0.6 is 0 Å². The predicted molar refractivity (Wildman–Crippen MR) is 74.0 cm³/mol. The van der Waals surface area contributed by atoms with Crippen molar-refractivity contribution in [1.29, 1.82) is 0 Å². The first-order chi connectivity index (χ1) is 8.66. The van der Waals surface area contributed by atoms with Crippen LogP contribution < -0.4 is 10.6 Å². The fraction of sp³-hybridized carbons (Fsp3) is 0.357. The zero-order valence-corrected chi connectivity index (χ0v) is 10.8. The van der Waals surface area contributed by atoms with Crippen LogP contribution in [0.25, 0.3) is 0 Å². The van der Waals surface area contributed by atoms with Gasteiger partial charge in [-0.2, -0.15) is 5.10 Å². The summed E-state index contributed by atoms with van der Waals surface area (Å²) in [4.78, 5) is 2.26. The molecule has 1 aromatic heterocycles. The van der Waals surface area contributed by atoms with E-state index >= 15 is 0 Å². The molecule has 2 N–H and O–H groups in total. The van der Waals surface area contributed by atoms with Gasteiger partial charge in [-0.15, -0.1) is 0 Å². The highest BCUT2D eigenvalue weighted by Gasteiger charge is 2.27. The summed E-state index contributed by atoms with van der Waals surface area (Å²) in [6.45, 7) is 2.23. The molecule has 4 nitrogen and oxygen atoms in total. The maximum atomic E-state index is 6.07. The second kappa shape index (κ2) is 4.05. The quantitative estimate of drug-likeness (QED) is 0.835. The maximum Gasteiger partial charge on any atom is 0.178 e. The van der Waals surface area contributed by atoms with Crippen molar-refractivity contribution < 1.29 is 0 Å². The van der Waals surface area contributed by atoms with E-state index in [0.29, 0.717) is 6.04 Å². The number of hydrogen-bond acceptors (Lipinski definition) is 3. The van der Waals surface area contributed by atoms with E-state index in [1.807, 2.05) is 13.2 Å². The average molecular weight is 242 g/mol. The lowest BCUT2D eigenvalue weighted by Gasteiger charge is -2.35. The third kappa shape index (κ3) is 1.65. The van der Waals surface area contributed by atoms with Crippen molar-refractivity contribution in [3.63, 3.8) is 0 Å². The molecule has 0 saturated heterocycles. The molecule has 94 valence electrons. The summed E-state index contributed by atoms with van der Waals surface area (Å²) in [5, 5.41) is 4.50. The third-order valence-electron chi connectivity index (χ3n) is 3.59. The van der Waals surface area contributed by atoms with Crippen molar-refractivity contribution in [2.24, 2.45) is 7.05 Å². The Bertz CT molecular complexity index is 573. The highest BCUT2D eigenvalue weighted by Crippen LogP contribution is 2.38. The highest BCUT2D eigenvalue weighted by molar-refractivity contribution is 5.74. The molecule has 0 bridgehead atoms. The molecule has 0 aliphatic carbocycles. The molecule has 2 heterocycles. The van der Waals surface area contributed by atoms with Crippen LogP contribution in [0.2, 0.25) is 0 Å². The van der Waals surface area contributed by atoms with E-state index < -0.39 is 0 Å².